The number of unbranched alkanes of at least 4 members (excludes halogenated alkanes) is 2. The third kappa shape index (κ3) is 6.82. The van der Waals surface area contributed by atoms with Gasteiger partial charge in [-0.1, -0.05) is 17.7 Å². The van der Waals surface area contributed by atoms with Crippen LogP contribution in [-0.2, 0) is 9.53 Å². The third-order valence-corrected chi connectivity index (χ3v) is 3.37. The molecule has 5 heteroatoms. The van der Waals surface area contributed by atoms with E-state index in [2.05, 4.69) is 0 Å². The molecule has 0 saturated carbocycles. The summed E-state index contributed by atoms with van der Waals surface area (Å²) < 4.78 is 10.5. The van der Waals surface area contributed by atoms with E-state index in [-0.39, 0.29) is 12.0 Å². The minimum absolute atomic E-state index is 0.0422. The van der Waals surface area contributed by atoms with Gasteiger partial charge in [0.05, 0.1) is 18.2 Å². The molecule has 4 nitrogen and oxygen atoms in total. The van der Waals surface area contributed by atoms with E-state index < -0.39 is 0 Å². The largest absolute Gasteiger partial charge is 0.492 e. The van der Waals surface area contributed by atoms with Crippen molar-refractivity contribution < 1.29 is 14.3 Å². The second-order valence-electron chi connectivity index (χ2n) is 4.94. The SMILES string of the molecule is CCOC(=O)CCCCCOc1ccc(C(C)N)cc1Cl. The molecule has 0 heterocycles. The number of carbonyl (C=O) groups is 1. The second-order valence-corrected chi connectivity index (χ2v) is 5.35. The van der Waals surface area contributed by atoms with Crippen LogP contribution in [0.2, 0.25) is 5.02 Å². The molecular formula is C16H24ClNO3. The fourth-order valence-electron chi connectivity index (χ4n) is 1.88. The highest BCUT2D eigenvalue weighted by atomic mass is 35.5. The van der Waals surface area contributed by atoms with Crippen LogP contribution in [0.25, 0.3) is 0 Å². The number of ether oxygens (including phenoxy) is 2. The van der Waals surface area contributed by atoms with E-state index in [1.807, 2.05) is 32.0 Å². The summed E-state index contributed by atoms with van der Waals surface area (Å²) in [4.78, 5) is 11.1. The molecule has 1 aromatic rings. The molecule has 0 amide bonds. The fraction of sp³-hybridized carbons (Fsp3) is 0.562. The molecule has 21 heavy (non-hydrogen) atoms. The zero-order chi connectivity index (χ0) is 15.7. The van der Waals surface area contributed by atoms with Gasteiger partial charge >= 0.3 is 5.97 Å². The number of benzene rings is 1. The van der Waals surface area contributed by atoms with Crippen molar-refractivity contribution in [3.8, 4) is 5.75 Å². The zero-order valence-corrected chi connectivity index (χ0v) is 13.5. The summed E-state index contributed by atoms with van der Waals surface area (Å²) in [5.74, 6) is 0.541. The molecule has 0 fully saturated rings. The Morgan fingerprint density at radius 2 is 2.10 bits per heavy atom. The topological polar surface area (TPSA) is 61.5 Å². The van der Waals surface area contributed by atoms with Gasteiger partial charge in [-0.05, 0) is 50.8 Å². The van der Waals surface area contributed by atoms with Crippen LogP contribution >= 0.6 is 11.6 Å². The molecule has 118 valence electrons. The van der Waals surface area contributed by atoms with Crippen LogP contribution in [0.4, 0.5) is 0 Å². The Morgan fingerprint density at radius 3 is 2.71 bits per heavy atom. The van der Waals surface area contributed by atoms with Crippen LogP contribution in [0, 0.1) is 0 Å². The van der Waals surface area contributed by atoms with E-state index in [9.17, 15) is 4.79 Å². The zero-order valence-electron chi connectivity index (χ0n) is 12.7. The molecule has 0 saturated heterocycles. The first-order valence-corrected chi connectivity index (χ1v) is 7.75. The first kappa shape index (κ1) is 17.8. The van der Waals surface area contributed by atoms with Gasteiger partial charge < -0.3 is 15.2 Å². The number of carbonyl (C=O) groups excluding carboxylic acids is 1. The van der Waals surface area contributed by atoms with Crippen molar-refractivity contribution in [1.29, 1.82) is 0 Å². The molecule has 1 rings (SSSR count). The standard InChI is InChI=1S/C16H24ClNO3/c1-3-20-16(19)7-5-4-6-10-21-15-9-8-13(12(2)18)11-14(15)17/h8-9,11-12H,3-7,10,18H2,1-2H3. The molecule has 1 unspecified atom stereocenters. The lowest BCUT2D eigenvalue weighted by Crippen LogP contribution is -2.05. The molecule has 1 aromatic carbocycles. The van der Waals surface area contributed by atoms with E-state index in [0.717, 1.165) is 24.8 Å². The molecule has 0 bridgehead atoms. The number of esters is 1. The molecule has 0 aliphatic rings. The van der Waals surface area contributed by atoms with Crippen molar-refractivity contribution in [2.24, 2.45) is 5.73 Å². The van der Waals surface area contributed by atoms with Crippen molar-refractivity contribution in [3.05, 3.63) is 28.8 Å². The number of rotatable bonds is 9. The van der Waals surface area contributed by atoms with Crippen LogP contribution in [0.15, 0.2) is 18.2 Å². The molecule has 0 radical (unpaired) electrons. The van der Waals surface area contributed by atoms with E-state index >= 15 is 0 Å². The monoisotopic (exact) mass is 313 g/mol. The summed E-state index contributed by atoms with van der Waals surface area (Å²) in [6.45, 7) is 4.75. The molecule has 2 N–H and O–H groups in total. The third-order valence-electron chi connectivity index (χ3n) is 3.07. The van der Waals surface area contributed by atoms with Crippen LogP contribution in [0.5, 0.6) is 5.75 Å². The fourth-order valence-corrected chi connectivity index (χ4v) is 2.12. The highest BCUT2D eigenvalue weighted by Gasteiger charge is 2.06. The Labute approximate surface area is 131 Å². The van der Waals surface area contributed by atoms with Gasteiger partial charge in [0.2, 0.25) is 0 Å². The van der Waals surface area contributed by atoms with E-state index in [1.54, 1.807) is 0 Å². The smallest absolute Gasteiger partial charge is 0.305 e. The van der Waals surface area contributed by atoms with Gasteiger partial charge in [-0.25, -0.2) is 0 Å². The number of hydrogen-bond donors (Lipinski definition) is 1. The van der Waals surface area contributed by atoms with Crippen molar-refractivity contribution >= 4 is 17.6 Å². The maximum absolute atomic E-state index is 11.1. The van der Waals surface area contributed by atoms with Crippen molar-refractivity contribution in [1.82, 2.24) is 0 Å². The van der Waals surface area contributed by atoms with E-state index in [1.165, 1.54) is 0 Å². The van der Waals surface area contributed by atoms with Crippen LogP contribution in [0.3, 0.4) is 0 Å². The lowest BCUT2D eigenvalue weighted by atomic mass is 10.1. The Morgan fingerprint density at radius 1 is 1.33 bits per heavy atom. The lowest BCUT2D eigenvalue weighted by Gasteiger charge is -2.11. The van der Waals surface area contributed by atoms with Gasteiger partial charge in [0, 0.05) is 12.5 Å². The Balaban J connectivity index is 2.22. The highest BCUT2D eigenvalue weighted by Crippen LogP contribution is 2.27. The molecule has 0 aliphatic heterocycles. The summed E-state index contributed by atoms with van der Waals surface area (Å²) >= 11 is 6.15. The molecule has 0 aromatic heterocycles. The maximum atomic E-state index is 11.1. The summed E-state index contributed by atoms with van der Waals surface area (Å²) in [5.41, 5.74) is 6.78. The Bertz CT molecular complexity index is 449. The van der Waals surface area contributed by atoms with Crippen LogP contribution < -0.4 is 10.5 Å². The van der Waals surface area contributed by atoms with E-state index in [4.69, 9.17) is 26.8 Å². The summed E-state index contributed by atoms with van der Waals surface area (Å²) in [6, 6.07) is 5.56. The predicted molar refractivity (Wildman–Crippen MR) is 84.7 cm³/mol. The quantitative estimate of drug-likeness (QED) is 0.555. The van der Waals surface area contributed by atoms with Crippen molar-refractivity contribution in [2.75, 3.05) is 13.2 Å². The molecule has 0 aliphatic carbocycles. The Hall–Kier alpha value is -1.26. The Kier molecular flexibility index (Phi) is 8.16. The highest BCUT2D eigenvalue weighted by molar-refractivity contribution is 6.32. The maximum Gasteiger partial charge on any atom is 0.305 e. The molecule has 1 atom stereocenters. The van der Waals surface area contributed by atoms with Gasteiger partial charge in [0.1, 0.15) is 5.75 Å². The summed E-state index contributed by atoms with van der Waals surface area (Å²) in [5, 5.41) is 0.580. The van der Waals surface area contributed by atoms with Gasteiger partial charge in [0.15, 0.2) is 0 Å². The van der Waals surface area contributed by atoms with Gasteiger partial charge in [-0.3, -0.25) is 4.79 Å². The first-order chi connectivity index (χ1) is 10.0. The first-order valence-electron chi connectivity index (χ1n) is 7.38. The lowest BCUT2D eigenvalue weighted by molar-refractivity contribution is -0.143. The second kappa shape index (κ2) is 9.64. The van der Waals surface area contributed by atoms with E-state index in [0.29, 0.717) is 30.4 Å². The van der Waals surface area contributed by atoms with Crippen LogP contribution in [-0.4, -0.2) is 19.2 Å². The van der Waals surface area contributed by atoms with Crippen molar-refractivity contribution in [2.45, 2.75) is 45.6 Å². The summed E-state index contributed by atoms with van der Waals surface area (Å²) in [6.07, 6.45) is 3.09. The normalized spacial score (nSPS) is 12.0. The number of nitrogens with two attached hydrogens (primary N) is 1. The van der Waals surface area contributed by atoms with Crippen molar-refractivity contribution in [3.63, 3.8) is 0 Å². The van der Waals surface area contributed by atoms with Crippen LogP contribution in [0.1, 0.15) is 51.1 Å². The van der Waals surface area contributed by atoms with Gasteiger partial charge in [-0.2, -0.15) is 0 Å². The average Bonchev–Trinajstić information content (AvgIpc) is 2.44. The minimum atomic E-state index is -0.132. The number of halogens is 1. The van der Waals surface area contributed by atoms with Gasteiger partial charge in [0.25, 0.3) is 0 Å². The van der Waals surface area contributed by atoms with Gasteiger partial charge in [-0.15, -0.1) is 0 Å². The minimum Gasteiger partial charge on any atom is -0.492 e. The average molecular weight is 314 g/mol. The number of hydrogen-bond acceptors (Lipinski definition) is 4. The predicted octanol–water partition coefficient (Wildman–Crippen LogP) is 3.86. The molecular weight excluding hydrogens is 290 g/mol. The summed E-state index contributed by atoms with van der Waals surface area (Å²) in [7, 11) is 0. The molecule has 0 spiro atoms.